The van der Waals surface area contributed by atoms with Crippen LogP contribution in [0.5, 0.6) is 5.75 Å². The van der Waals surface area contributed by atoms with Gasteiger partial charge in [-0.25, -0.2) is 13.2 Å². The van der Waals surface area contributed by atoms with E-state index < -0.39 is 17.5 Å². The van der Waals surface area contributed by atoms with Crippen LogP contribution in [0, 0.1) is 17.5 Å². The van der Waals surface area contributed by atoms with Gasteiger partial charge in [-0.2, -0.15) is 0 Å². The first-order chi connectivity index (χ1) is 8.52. The molecule has 2 rings (SSSR count). The molecule has 0 aliphatic carbocycles. The number of benzene rings is 2. The average molecular weight is 252 g/mol. The van der Waals surface area contributed by atoms with Gasteiger partial charge in [0.15, 0.2) is 17.9 Å². The third-order valence-electron chi connectivity index (χ3n) is 2.48. The predicted molar refractivity (Wildman–Crippen MR) is 58.8 cm³/mol. The number of carbonyl (C=O) groups is 1. The molecular formula is C13H7F3O2. The van der Waals surface area contributed by atoms with Gasteiger partial charge in [-0.1, -0.05) is 6.07 Å². The second-order valence-corrected chi connectivity index (χ2v) is 3.64. The van der Waals surface area contributed by atoms with E-state index in [1.165, 1.54) is 18.2 Å². The van der Waals surface area contributed by atoms with E-state index in [9.17, 15) is 23.1 Å². The molecule has 2 nitrogen and oxygen atoms in total. The van der Waals surface area contributed by atoms with Crippen LogP contribution in [-0.2, 0) is 0 Å². The van der Waals surface area contributed by atoms with E-state index in [1.54, 1.807) is 0 Å². The van der Waals surface area contributed by atoms with Gasteiger partial charge < -0.3 is 5.11 Å². The zero-order valence-corrected chi connectivity index (χ0v) is 8.95. The van der Waals surface area contributed by atoms with E-state index in [0.717, 1.165) is 0 Å². The van der Waals surface area contributed by atoms with Gasteiger partial charge in [0, 0.05) is 11.6 Å². The van der Waals surface area contributed by atoms with Crippen LogP contribution < -0.4 is 0 Å². The van der Waals surface area contributed by atoms with Crippen LogP contribution in [0.2, 0.25) is 0 Å². The Morgan fingerprint density at radius 3 is 2.28 bits per heavy atom. The zero-order valence-electron chi connectivity index (χ0n) is 8.95. The largest absolute Gasteiger partial charge is 0.507 e. The summed E-state index contributed by atoms with van der Waals surface area (Å²) in [5, 5.41) is 9.29. The molecule has 0 aliphatic heterocycles. The molecule has 0 saturated heterocycles. The van der Waals surface area contributed by atoms with Crippen LogP contribution >= 0.6 is 0 Å². The molecule has 18 heavy (non-hydrogen) atoms. The van der Waals surface area contributed by atoms with Crippen LogP contribution in [0.25, 0.3) is 11.1 Å². The van der Waals surface area contributed by atoms with Crippen LogP contribution in [0.3, 0.4) is 0 Å². The van der Waals surface area contributed by atoms with Crippen molar-refractivity contribution in [1.82, 2.24) is 0 Å². The van der Waals surface area contributed by atoms with Crippen molar-refractivity contribution in [1.29, 1.82) is 0 Å². The van der Waals surface area contributed by atoms with E-state index in [-0.39, 0.29) is 22.4 Å². The Balaban J connectivity index is 2.62. The van der Waals surface area contributed by atoms with E-state index in [4.69, 9.17) is 0 Å². The lowest BCUT2D eigenvalue weighted by Gasteiger charge is -2.06. The Labute approximate surface area is 100 Å². The molecule has 0 aromatic heterocycles. The molecule has 0 saturated carbocycles. The lowest BCUT2D eigenvalue weighted by molar-refractivity contribution is 0.112. The number of aromatic hydroxyl groups is 1. The lowest BCUT2D eigenvalue weighted by Crippen LogP contribution is -1.92. The van der Waals surface area contributed by atoms with Gasteiger partial charge in [-0.05, 0) is 23.8 Å². The first-order valence-electron chi connectivity index (χ1n) is 4.96. The first kappa shape index (κ1) is 12.2. The lowest BCUT2D eigenvalue weighted by atomic mass is 10.0. The van der Waals surface area contributed by atoms with Crippen LogP contribution in [0.1, 0.15) is 10.4 Å². The fraction of sp³-hybridized carbons (Fsp3) is 0. The third-order valence-corrected chi connectivity index (χ3v) is 2.48. The van der Waals surface area contributed by atoms with E-state index in [2.05, 4.69) is 0 Å². The molecule has 0 radical (unpaired) electrons. The van der Waals surface area contributed by atoms with Crippen LogP contribution in [0.15, 0.2) is 30.3 Å². The molecule has 0 bridgehead atoms. The molecule has 0 atom stereocenters. The quantitative estimate of drug-likeness (QED) is 0.657. The molecule has 0 heterocycles. The molecule has 0 spiro atoms. The molecule has 0 unspecified atom stereocenters. The number of aldehydes is 1. The smallest absolute Gasteiger partial charge is 0.161 e. The predicted octanol–water partition coefficient (Wildman–Crippen LogP) is 3.29. The Bertz CT molecular complexity index is 624. The van der Waals surface area contributed by atoms with Crippen molar-refractivity contribution in [3.05, 3.63) is 53.3 Å². The molecular weight excluding hydrogens is 245 g/mol. The SMILES string of the molecule is O=Cc1cc(-c2cc(F)c(F)cc2F)ccc1O. The Kier molecular flexibility index (Phi) is 3.06. The Hall–Kier alpha value is -2.30. The fourth-order valence-corrected chi connectivity index (χ4v) is 1.56. The number of rotatable bonds is 2. The number of phenols is 1. The van der Waals surface area contributed by atoms with Crippen molar-refractivity contribution < 1.29 is 23.1 Å². The highest BCUT2D eigenvalue weighted by Gasteiger charge is 2.12. The van der Waals surface area contributed by atoms with Gasteiger partial charge in [-0.15, -0.1) is 0 Å². The number of halogens is 3. The van der Waals surface area contributed by atoms with Crippen LogP contribution in [-0.4, -0.2) is 11.4 Å². The van der Waals surface area contributed by atoms with E-state index >= 15 is 0 Å². The second-order valence-electron chi connectivity index (χ2n) is 3.64. The standard InChI is InChI=1S/C13H7F3O2/c14-10-5-12(16)11(15)4-9(10)7-1-2-13(18)8(3-7)6-17/h1-6,18H. The summed E-state index contributed by atoms with van der Waals surface area (Å²) in [6.07, 6.45) is 0.386. The molecule has 0 aliphatic rings. The number of hydrogen-bond acceptors (Lipinski definition) is 2. The van der Waals surface area contributed by atoms with Gasteiger partial charge in [0.2, 0.25) is 0 Å². The maximum atomic E-state index is 13.5. The molecule has 0 amide bonds. The number of hydrogen-bond donors (Lipinski definition) is 1. The van der Waals surface area contributed by atoms with Gasteiger partial charge >= 0.3 is 0 Å². The van der Waals surface area contributed by atoms with Crippen molar-refractivity contribution in [3.8, 4) is 16.9 Å². The summed E-state index contributed by atoms with van der Waals surface area (Å²) < 4.78 is 39.3. The maximum Gasteiger partial charge on any atom is 0.161 e. The topological polar surface area (TPSA) is 37.3 Å². The monoisotopic (exact) mass is 252 g/mol. The summed E-state index contributed by atoms with van der Waals surface area (Å²) in [4.78, 5) is 10.6. The summed E-state index contributed by atoms with van der Waals surface area (Å²) in [7, 11) is 0. The van der Waals surface area contributed by atoms with Crippen LogP contribution in [0.4, 0.5) is 13.2 Å². The van der Waals surface area contributed by atoms with Crippen molar-refractivity contribution in [2.24, 2.45) is 0 Å². The molecule has 5 heteroatoms. The van der Waals surface area contributed by atoms with Gasteiger partial charge in [0.25, 0.3) is 0 Å². The Morgan fingerprint density at radius 1 is 0.944 bits per heavy atom. The molecule has 2 aromatic carbocycles. The average Bonchev–Trinajstić information content (AvgIpc) is 2.35. The van der Waals surface area contributed by atoms with E-state index in [0.29, 0.717) is 18.4 Å². The maximum absolute atomic E-state index is 13.5. The molecule has 0 fully saturated rings. The minimum Gasteiger partial charge on any atom is -0.507 e. The van der Waals surface area contributed by atoms with E-state index in [1.807, 2.05) is 0 Å². The summed E-state index contributed by atoms with van der Waals surface area (Å²) in [5.74, 6) is -3.69. The second kappa shape index (κ2) is 4.52. The highest BCUT2D eigenvalue weighted by Crippen LogP contribution is 2.28. The third kappa shape index (κ3) is 2.07. The van der Waals surface area contributed by atoms with Crippen molar-refractivity contribution in [3.63, 3.8) is 0 Å². The number of phenolic OH excluding ortho intramolecular Hbond substituents is 1. The fourth-order valence-electron chi connectivity index (χ4n) is 1.56. The molecule has 2 aromatic rings. The minimum absolute atomic E-state index is 0.0587. The van der Waals surface area contributed by atoms with Gasteiger partial charge in [-0.3, -0.25) is 4.79 Å². The summed E-state index contributed by atoms with van der Waals surface area (Å²) in [6, 6.07) is 4.81. The summed E-state index contributed by atoms with van der Waals surface area (Å²) in [6.45, 7) is 0. The van der Waals surface area contributed by atoms with Gasteiger partial charge in [0.1, 0.15) is 11.6 Å². The number of carbonyl (C=O) groups excluding carboxylic acids is 1. The minimum atomic E-state index is -1.29. The first-order valence-corrected chi connectivity index (χ1v) is 4.96. The van der Waals surface area contributed by atoms with Crippen molar-refractivity contribution in [2.75, 3.05) is 0 Å². The normalized spacial score (nSPS) is 10.4. The molecule has 92 valence electrons. The summed E-state index contributed by atoms with van der Waals surface area (Å²) >= 11 is 0. The molecule has 1 N–H and O–H groups in total. The Morgan fingerprint density at radius 2 is 1.61 bits per heavy atom. The highest BCUT2D eigenvalue weighted by atomic mass is 19.2. The van der Waals surface area contributed by atoms with Crippen molar-refractivity contribution in [2.45, 2.75) is 0 Å². The van der Waals surface area contributed by atoms with Gasteiger partial charge in [0.05, 0.1) is 5.56 Å². The van der Waals surface area contributed by atoms with Crippen molar-refractivity contribution >= 4 is 6.29 Å². The highest BCUT2D eigenvalue weighted by molar-refractivity contribution is 5.82. The zero-order chi connectivity index (χ0) is 13.3. The summed E-state index contributed by atoms with van der Waals surface area (Å²) in [5.41, 5.74) is -0.0695.